The summed E-state index contributed by atoms with van der Waals surface area (Å²) in [5.41, 5.74) is 17.7. The van der Waals surface area contributed by atoms with E-state index in [9.17, 15) is 34.2 Å². The maximum absolute atomic E-state index is 13.3. The Morgan fingerprint density at radius 1 is 0.921 bits per heavy atom. The molecule has 208 valence electrons. The van der Waals surface area contributed by atoms with Gasteiger partial charge in [-0.3, -0.25) is 19.2 Å². The van der Waals surface area contributed by atoms with E-state index in [-0.39, 0.29) is 12.8 Å². The van der Waals surface area contributed by atoms with Crippen LogP contribution in [0.3, 0.4) is 0 Å². The molecule has 2 aromatic rings. The van der Waals surface area contributed by atoms with Gasteiger partial charge in [-0.1, -0.05) is 18.2 Å². The Hall–Kier alpha value is -4.01. The number of H-pyrrole nitrogens is 1. The molecule has 1 aromatic carbocycles. The fourth-order valence-electron chi connectivity index (χ4n) is 3.80. The number of primary amides is 1. The number of hydrogen-bond acceptors (Lipinski definition) is 8. The van der Waals surface area contributed by atoms with E-state index in [1.54, 1.807) is 12.3 Å². The molecule has 0 aliphatic heterocycles. The quantitative estimate of drug-likeness (QED) is 0.104. The van der Waals surface area contributed by atoms with Crippen LogP contribution in [0.1, 0.15) is 31.2 Å². The van der Waals surface area contributed by atoms with E-state index in [0.717, 1.165) is 10.9 Å². The number of rotatable bonds is 16. The number of hydrogen-bond donors (Lipinski definition) is 9. The summed E-state index contributed by atoms with van der Waals surface area (Å²) >= 11 is 0. The van der Waals surface area contributed by atoms with Crippen molar-refractivity contribution in [2.45, 2.75) is 56.3 Å². The summed E-state index contributed by atoms with van der Waals surface area (Å²) in [6.45, 7) is -0.315. The number of carboxylic acid groups (broad SMARTS) is 1. The van der Waals surface area contributed by atoms with E-state index in [0.29, 0.717) is 24.9 Å². The Labute approximate surface area is 218 Å². The van der Waals surface area contributed by atoms with Gasteiger partial charge in [-0.15, -0.1) is 0 Å². The minimum absolute atomic E-state index is 0.0263. The number of amides is 4. The van der Waals surface area contributed by atoms with Crippen LogP contribution in [0.5, 0.6) is 0 Å². The smallest absolute Gasteiger partial charge is 0.326 e. The van der Waals surface area contributed by atoms with Crippen LogP contribution in [-0.4, -0.2) is 82.1 Å². The van der Waals surface area contributed by atoms with Crippen LogP contribution in [0.2, 0.25) is 0 Å². The number of aliphatic hydroxyl groups is 1. The SMILES string of the molecule is NCCCCC(NC(=O)C(CC(N)=O)NC(=O)C(Cc1c[nH]c2ccccc12)NC(=O)C(N)CO)C(=O)O. The van der Waals surface area contributed by atoms with E-state index in [1.807, 2.05) is 18.2 Å². The van der Waals surface area contributed by atoms with Crippen LogP contribution in [0.15, 0.2) is 30.5 Å². The molecule has 14 heteroatoms. The third-order valence-corrected chi connectivity index (χ3v) is 5.87. The maximum Gasteiger partial charge on any atom is 0.326 e. The first-order valence-electron chi connectivity index (χ1n) is 12.1. The van der Waals surface area contributed by atoms with Gasteiger partial charge < -0.3 is 48.3 Å². The monoisotopic (exact) mass is 533 g/mol. The zero-order chi connectivity index (χ0) is 28.2. The number of para-hydroxylation sites is 1. The summed E-state index contributed by atoms with van der Waals surface area (Å²) in [6, 6.07) is 1.92. The lowest BCUT2D eigenvalue weighted by Gasteiger charge is -2.24. The number of benzene rings is 1. The van der Waals surface area contributed by atoms with Crippen molar-refractivity contribution >= 4 is 40.5 Å². The standard InChI is InChI=1S/C24H35N7O7/c25-8-4-3-7-17(24(37)38)29-23(36)19(10-20(27)33)31-22(35)18(30-21(34)15(26)12-32)9-13-11-28-16-6-2-1-5-14(13)16/h1-2,5-6,11,15,17-19,28,32H,3-4,7-10,12,25-26H2,(H2,27,33)(H,29,36)(H,30,34)(H,31,35)(H,37,38). The molecule has 4 unspecified atom stereocenters. The predicted molar refractivity (Wildman–Crippen MR) is 137 cm³/mol. The Kier molecular flexibility index (Phi) is 11.7. The number of aromatic nitrogens is 1. The summed E-state index contributed by atoms with van der Waals surface area (Å²) in [6.07, 6.45) is 2.10. The average Bonchev–Trinajstić information content (AvgIpc) is 3.29. The van der Waals surface area contributed by atoms with Gasteiger partial charge in [-0.05, 0) is 37.4 Å². The Bertz CT molecular complexity index is 1140. The van der Waals surface area contributed by atoms with Gasteiger partial charge in [-0.2, -0.15) is 0 Å². The highest BCUT2D eigenvalue weighted by atomic mass is 16.4. The van der Waals surface area contributed by atoms with Crippen LogP contribution in [0.25, 0.3) is 10.9 Å². The topological polar surface area (TPSA) is 256 Å². The third-order valence-electron chi connectivity index (χ3n) is 5.87. The molecular formula is C24H35N7O7. The molecule has 0 fully saturated rings. The van der Waals surface area contributed by atoms with E-state index >= 15 is 0 Å². The molecule has 38 heavy (non-hydrogen) atoms. The van der Waals surface area contributed by atoms with Crippen LogP contribution < -0.4 is 33.2 Å². The first-order chi connectivity index (χ1) is 18.1. The molecular weight excluding hydrogens is 498 g/mol. The zero-order valence-corrected chi connectivity index (χ0v) is 20.8. The number of aromatic amines is 1. The van der Waals surface area contributed by atoms with Crippen molar-refractivity contribution in [3.8, 4) is 0 Å². The van der Waals surface area contributed by atoms with Gasteiger partial charge in [0, 0.05) is 23.5 Å². The van der Waals surface area contributed by atoms with E-state index in [4.69, 9.17) is 17.2 Å². The summed E-state index contributed by atoms with van der Waals surface area (Å²) in [5.74, 6) is -4.79. The molecule has 0 spiro atoms. The van der Waals surface area contributed by atoms with E-state index < -0.39 is 66.8 Å². The minimum Gasteiger partial charge on any atom is -0.480 e. The molecule has 14 nitrogen and oxygen atoms in total. The molecule has 4 atom stereocenters. The van der Waals surface area contributed by atoms with Crippen molar-refractivity contribution in [2.75, 3.05) is 13.2 Å². The van der Waals surface area contributed by atoms with Crippen LogP contribution in [0.4, 0.5) is 0 Å². The first-order valence-corrected chi connectivity index (χ1v) is 12.1. The molecule has 1 aromatic heterocycles. The second kappa shape index (κ2) is 14.7. The van der Waals surface area contributed by atoms with Gasteiger partial charge in [0.1, 0.15) is 24.2 Å². The van der Waals surface area contributed by atoms with Crippen LogP contribution >= 0.6 is 0 Å². The lowest BCUT2D eigenvalue weighted by Crippen LogP contribution is -2.58. The fourth-order valence-corrected chi connectivity index (χ4v) is 3.80. The number of carbonyl (C=O) groups is 5. The van der Waals surface area contributed by atoms with Crippen molar-refractivity contribution in [1.29, 1.82) is 0 Å². The number of carboxylic acids is 1. The third kappa shape index (κ3) is 8.83. The largest absolute Gasteiger partial charge is 0.480 e. The van der Waals surface area contributed by atoms with Gasteiger partial charge >= 0.3 is 5.97 Å². The van der Waals surface area contributed by atoms with Crippen molar-refractivity contribution in [3.63, 3.8) is 0 Å². The molecule has 0 saturated carbocycles. The Morgan fingerprint density at radius 3 is 2.18 bits per heavy atom. The number of aliphatic carboxylic acids is 1. The Balaban J connectivity index is 2.26. The minimum atomic E-state index is -1.51. The molecule has 0 radical (unpaired) electrons. The van der Waals surface area contributed by atoms with Crippen LogP contribution in [-0.2, 0) is 30.4 Å². The molecule has 2 rings (SSSR count). The molecule has 0 bridgehead atoms. The van der Waals surface area contributed by atoms with Crippen molar-refractivity contribution in [1.82, 2.24) is 20.9 Å². The maximum atomic E-state index is 13.3. The predicted octanol–water partition coefficient (Wildman–Crippen LogP) is -2.43. The second-order valence-corrected chi connectivity index (χ2v) is 8.83. The van der Waals surface area contributed by atoms with E-state index in [2.05, 4.69) is 20.9 Å². The van der Waals surface area contributed by atoms with Gasteiger partial charge in [0.25, 0.3) is 0 Å². The van der Waals surface area contributed by atoms with Gasteiger partial charge in [-0.25, -0.2) is 4.79 Å². The highest BCUT2D eigenvalue weighted by molar-refractivity contribution is 5.96. The van der Waals surface area contributed by atoms with Gasteiger partial charge in [0.15, 0.2) is 0 Å². The summed E-state index contributed by atoms with van der Waals surface area (Å²) < 4.78 is 0. The number of carbonyl (C=O) groups excluding carboxylic acids is 4. The number of nitrogens with two attached hydrogens (primary N) is 3. The summed E-state index contributed by atoms with van der Waals surface area (Å²) in [5, 5.41) is 26.6. The summed E-state index contributed by atoms with van der Waals surface area (Å²) in [4.78, 5) is 64.9. The molecule has 0 aliphatic carbocycles. The van der Waals surface area contributed by atoms with Crippen molar-refractivity contribution < 1.29 is 34.2 Å². The van der Waals surface area contributed by atoms with Crippen LogP contribution in [0, 0.1) is 0 Å². The average molecular weight is 534 g/mol. The lowest BCUT2D eigenvalue weighted by atomic mass is 10.0. The first kappa shape index (κ1) is 30.2. The van der Waals surface area contributed by atoms with Crippen molar-refractivity contribution in [2.24, 2.45) is 17.2 Å². The highest BCUT2D eigenvalue weighted by Crippen LogP contribution is 2.19. The lowest BCUT2D eigenvalue weighted by molar-refractivity contribution is -0.142. The number of fused-ring (bicyclic) bond motifs is 1. The molecule has 0 aliphatic rings. The number of aliphatic hydroxyl groups excluding tert-OH is 1. The molecule has 4 amide bonds. The summed E-state index contributed by atoms with van der Waals surface area (Å²) in [7, 11) is 0. The van der Waals surface area contributed by atoms with E-state index in [1.165, 1.54) is 0 Å². The Morgan fingerprint density at radius 2 is 1.55 bits per heavy atom. The zero-order valence-electron chi connectivity index (χ0n) is 20.8. The number of unbranched alkanes of at least 4 members (excludes halogenated alkanes) is 1. The van der Waals surface area contributed by atoms with Crippen molar-refractivity contribution in [3.05, 3.63) is 36.0 Å². The van der Waals surface area contributed by atoms with Gasteiger partial charge in [0.05, 0.1) is 13.0 Å². The fraction of sp³-hybridized carbons (Fsp3) is 0.458. The molecule has 1 heterocycles. The van der Waals surface area contributed by atoms with Gasteiger partial charge in [0.2, 0.25) is 23.6 Å². The molecule has 12 N–H and O–H groups in total. The highest BCUT2D eigenvalue weighted by Gasteiger charge is 2.31. The number of nitrogens with one attached hydrogen (secondary N) is 4. The normalized spacial score (nSPS) is 14.2. The molecule has 0 saturated heterocycles. The second-order valence-electron chi connectivity index (χ2n) is 8.83.